The number of hydrogen-bond acceptors (Lipinski definition) is 4. The molecule has 0 aliphatic carbocycles. The maximum Gasteiger partial charge on any atom is 0.222 e. The molecule has 3 rings (SSSR count). The van der Waals surface area contributed by atoms with Gasteiger partial charge >= 0.3 is 0 Å². The van der Waals surface area contributed by atoms with E-state index in [9.17, 15) is 4.79 Å². The number of benzene rings is 2. The predicted octanol–water partition coefficient (Wildman–Crippen LogP) is 5.42. The van der Waals surface area contributed by atoms with E-state index in [0.29, 0.717) is 36.4 Å². The molecule has 1 aliphatic heterocycles. The summed E-state index contributed by atoms with van der Waals surface area (Å²) in [5.41, 5.74) is 2.61. The molecule has 5 nitrogen and oxygen atoms in total. The molecule has 0 radical (unpaired) electrons. The Morgan fingerprint density at radius 1 is 1.06 bits per heavy atom. The largest absolute Gasteiger partial charge is 0.493 e. The second-order valence-corrected chi connectivity index (χ2v) is 10.0. The van der Waals surface area contributed by atoms with Crippen molar-refractivity contribution in [2.24, 2.45) is 11.3 Å². The molecule has 1 heterocycles. The first-order valence-electron chi connectivity index (χ1n) is 12.5. The van der Waals surface area contributed by atoms with Crippen LogP contribution in [0.3, 0.4) is 0 Å². The third kappa shape index (κ3) is 6.12. The molecule has 2 aromatic carbocycles. The number of methoxy groups -OCH3 is 2. The standard InChI is InChI=1S/C29H42N2O3/c1-7-28(32)31(21-25-13-14-26(33-5)27(17-25)34-6)16-15-29(19-24-11-9-8-10-12-24)18-23(3)30(4)20-22(29)2/h8-14,17,22-23H,7,15-16,18-21H2,1-6H3/t22-,23-,29-/m1/s1. The summed E-state index contributed by atoms with van der Waals surface area (Å²) in [7, 11) is 5.52. The molecule has 34 heavy (non-hydrogen) atoms. The molecular weight excluding hydrogens is 424 g/mol. The average Bonchev–Trinajstić information content (AvgIpc) is 2.85. The van der Waals surface area contributed by atoms with E-state index < -0.39 is 0 Å². The molecule has 0 N–H and O–H groups in total. The minimum absolute atomic E-state index is 0.164. The van der Waals surface area contributed by atoms with E-state index in [-0.39, 0.29) is 11.3 Å². The normalized spacial score (nSPS) is 22.9. The summed E-state index contributed by atoms with van der Waals surface area (Å²) < 4.78 is 10.9. The fraction of sp³-hybridized carbons (Fsp3) is 0.552. The maximum atomic E-state index is 13.0. The third-order valence-electron chi connectivity index (χ3n) is 7.82. The van der Waals surface area contributed by atoms with Gasteiger partial charge in [0.25, 0.3) is 0 Å². The summed E-state index contributed by atoms with van der Waals surface area (Å²) in [6.07, 6.45) is 3.70. The molecule has 0 unspecified atom stereocenters. The van der Waals surface area contributed by atoms with E-state index >= 15 is 0 Å². The highest BCUT2D eigenvalue weighted by molar-refractivity contribution is 5.75. The van der Waals surface area contributed by atoms with Gasteiger partial charge in [-0.3, -0.25) is 4.79 Å². The highest BCUT2D eigenvalue weighted by Crippen LogP contribution is 2.44. The highest BCUT2D eigenvalue weighted by Gasteiger charge is 2.42. The number of carbonyl (C=O) groups is 1. The summed E-state index contributed by atoms with van der Waals surface area (Å²) in [5, 5.41) is 0. The molecule has 0 bridgehead atoms. The minimum atomic E-state index is 0.164. The van der Waals surface area contributed by atoms with Gasteiger partial charge in [0, 0.05) is 32.1 Å². The van der Waals surface area contributed by atoms with Crippen LogP contribution in [0.4, 0.5) is 0 Å². The van der Waals surface area contributed by atoms with Crippen LogP contribution < -0.4 is 9.47 Å². The lowest BCUT2D eigenvalue weighted by molar-refractivity contribution is -0.132. The molecule has 3 atom stereocenters. The van der Waals surface area contributed by atoms with Crippen molar-refractivity contribution < 1.29 is 14.3 Å². The Hall–Kier alpha value is -2.53. The lowest BCUT2D eigenvalue weighted by Gasteiger charge is -2.50. The summed E-state index contributed by atoms with van der Waals surface area (Å²) in [6.45, 7) is 9.11. The van der Waals surface area contributed by atoms with Crippen molar-refractivity contribution in [2.75, 3.05) is 34.4 Å². The van der Waals surface area contributed by atoms with Crippen LogP contribution in [0, 0.1) is 11.3 Å². The zero-order valence-corrected chi connectivity index (χ0v) is 21.8. The van der Waals surface area contributed by atoms with Crippen LogP contribution in [0.2, 0.25) is 0 Å². The van der Waals surface area contributed by atoms with Gasteiger partial charge in [-0.2, -0.15) is 0 Å². The fourth-order valence-electron chi connectivity index (χ4n) is 5.51. The van der Waals surface area contributed by atoms with Crippen LogP contribution in [-0.2, 0) is 17.8 Å². The maximum absolute atomic E-state index is 13.0. The zero-order chi connectivity index (χ0) is 24.7. The predicted molar refractivity (Wildman–Crippen MR) is 138 cm³/mol. The smallest absolute Gasteiger partial charge is 0.222 e. The lowest BCUT2D eigenvalue weighted by atomic mass is 9.63. The number of piperidine rings is 1. The van der Waals surface area contributed by atoms with Crippen LogP contribution in [-0.4, -0.2) is 56.1 Å². The fourth-order valence-corrected chi connectivity index (χ4v) is 5.51. The van der Waals surface area contributed by atoms with E-state index in [4.69, 9.17) is 9.47 Å². The quantitative estimate of drug-likeness (QED) is 0.469. The van der Waals surface area contributed by atoms with Crippen molar-refractivity contribution in [1.82, 2.24) is 9.80 Å². The van der Waals surface area contributed by atoms with E-state index in [1.165, 1.54) is 5.56 Å². The van der Waals surface area contributed by atoms with Gasteiger partial charge in [-0.15, -0.1) is 0 Å². The first kappa shape index (κ1) is 26.1. The Balaban J connectivity index is 1.83. The SMILES string of the molecule is CCC(=O)N(CC[C@]1(Cc2ccccc2)C[C@@H](C)N(C)C[C@H]1C)Cc1ccc(OC)c(OC)c1. The van der Waals surface area contributed by atoms with Crippen LogP contribution in [0.25, 0.3) is 0 Å². The molecule has 1 aliphatic rings. The van der Waals surface area contributed by atoms with E-state index in [0.717, 1.165) is 37.9 Å². The third-order valence-corrected chi connectivity index (χ3v) is 7.82. The van der Waals surface area contributed by atoms with Crippen LogP contribution in [0.15, 0.2) is 48.5 Å². The van der Waals surface area contributed by atoms with Gasteiger partial charge in [-0.1, -0.05) is 50.2 Å². The molecule has 186 valence electrons. The Morgan fingerprint density at radius 2 is 1.76 bits per heavy atom. The number of amides is 1. The molecule has 5 heteroatoms. The second-order valence-electron chi connectivity index (χ2n) is 10.0. The molecule has 0 aromatic heterocycles. The average molecular weight is 467 g/mol. The molecule has 0 spiro atoms. The summed E-state index contributed by atoms with van der Waals surface area (Å²) in [4.78, 5) is 17.5. The summed E-state index contributed by atoms with van der Waals surface area (Å²) >= 11 is 0. The Morgan fingerprint density at radius 3 is 2.41 bits per heavy atom. The van der Waals surface area contributed by atoms with Gasteiger partial charge in [0.1, 0.15) is 0 Å². The summed E-state index contributed by atoms with van der Waals surface area (Å²) in [6, 6.07) is 17.3. The highest BCUT2D eigenvalue weighted by atomic mass is 16.5. The molecule has 0 saturated carbocycles. The van der Waals surface area contributed by atoms with Crippen LogP contribution in [0.5, 0.6) is 11.5 Å². The van der Waals surface area contributed by atoms with Gasteiger partial charge in [0.2, 0.25) is 5.91 Å². The topological polar surface area (TPSA) is 42.0 Å². The number of rotatable bonds is 10. The van der Waals surface area contributed by atoms with E-state index in [2.05, 4.69) is 56.1 Å². The first-order chi connectivity index (χ1) is 16.3. The number of hydrogen-bond donors (Lipinski definition) is 0. The van der Waals surface area contributed by atoms with E-state index in [1.807, 2.05) is 30.0 Å². The van der Waals surface area contributed by atoms with Gasteiger partial charge in [0.15, 0.2) is 11.5 Å². The summed E-state index contributed by atoms with van der Waals surface area (Å²) in [5.74, 6) is 2.14. The van der Waals surface area contributed by atoms with Crippen LogP contribution in [0.1, 0.15) is 51.2 Å². The Bertz CT molecular complexity index is 932. The number of nitrogens with zero attached hydrogens (tertiary/aromatic N) is 2. The number of likely N-dealkylation sites (tertiary alicyclic amines) is 1. The molecule has 1 amide bonds. The first-order valence-corrected chi connectivity index (χ1v) is 12.5. The molecular formula is C29H42N2O3. The van der Waals surface area contributed by atoms with E-state index in [1.54, 1.807) is 14.2 Å². The zero-order valence-electron chi connectivity index (χ0n) is 21.8. The van der Waals surface area contributed by atoms with Gasteiger partial charge in [0.05, 0.1) is 14.2 Å². The number of carbonyl (C=O) groups excluding carboxylic acids is 1. The lowest BCUT2D eigenvalue weighted by Crippen LogP contribution is -2.51. The van der Waals surface area contributed by atoms with Crippen molar-refractivity contribution in [1.29, 1.82) is 0 Å². The number of ether oxygens (including phenoxy) is 2. The van der Waals surface area contributed by atoms with Gasteiger partial charge < -0.3 is 19.3 Å². The Kier molecular flexibility index (Phi) is 9.01. The molecule has 1 saturated heterocycles. The van der Waals surface area contributed by atoms with Crippen molar-refractivity contribution >= 4 is 5.91 Å². The molecule has 2 aromatic rings. The van der Waals surface area contributed by atoms with Crippen molar-refractivity contribution in [3.05, 3.63) is 59.7 Å². The van der Waals surface area contributed by atoms with Crippen molar-refractivity contribution in [3.63, 3.8) is 0 Å². The monoisotopic (exact) mass is 466 g/mol. The van der Waals surface area contributed by atoms with Crippen molar-refractivity contribution in [2.45, 2.75) is 59.0 Å². The molecule has 1 fully saturated rings. The second kappa shape index (κ2) is 11.7. The van der Waals surface area contributed by atoms with Gasteiger partial charge in [-0.25, -0.2) is 0 Å². The van der Waals surface area contributed by atoms with Gasteiger partial charge in [-0.05, 0) is 67.8 Å². The Labute approximate surface area is 206 Å². The van der Waals surface area contributed by atoms with Crippen LogP contribution >= 0.6 is 0 Å². The minimum Gasteiger partial charge on any atom is -0.493 e. The van der Waals surface area contributed by atoms with Crippen molar-refractivity contribution in [3.8, 4) is 11.5 Å².